The quantitative estimate of drug-likeness (QED) is 0.732. The van der Waals surface area contributed by atoms with Gasteiger partial charge in [0.05, 0.1) is 11.6 Å². The zero-order valence-electron chi connectivity index (χ0n) is 11.5. The van der Waals surface area contributed by atoms with Crippen molar-refractivity contribution in [1.82, 2.24) is 10.6 Å². The maximum atomic E-state index is 12.0. The maximum Gasteiger partial charge on any atom is 0.315 e. The summed E-state index contributed by atoms with van der Waals surface area (Å²) in [6.07, 6.45) is 4.21. The molecule has 2 aliphatic rings. The average Bonchev–Trinajstić information content (AvgIpc) is 3.02. The molecule has 1 aromatic carbocycles. The Kier molecular flexibility index (Phi) is 3.53. The molecule has 1 aliphatic carbocycles. The first-order valence-electron chi connectivity index (χ1n) is 7.22. The Balaban J connectivity index is 1.55. The predicted octanol–water partition coefficient (Wildman–Crippen LogP) is 1.74. The second-order valence-electron chi connectivity index (χ2n) is 5.68. The average molecular weight is 275 g/mol. The number of carbonyl (C=O) groups excluding carboxylic acids is 1. The summed E-state index contributed by atoms with van der Waals surface area (Å²) in [6.45, 7) is 1.39. The van der Waals surface area contributed by atoms with Crippen LogP contribution >= 0.6 is 0 Å². The topological polar surface area (TPSA) is 76.4 Å². The van der Waals surface area contributed by atoms with Crippen LogP contribution in [0.25, 0.3) is 0 Å². The van der Waals surface area contributed by atoms with Crippen molar-refractivity contribution in [1.29, 1.82) is 0 Å². The number of benzene rings is 1. The SMILES string of the molecule is Nc1cccc(C2(NC(=O)NCC3CCCO3)CC2)c1. The molecule has 20 heavy (non-hydrogen) atoms. The van der Waals surface area contributed by atoms with Gasteiger partial charge in [-0.3, -0.25) is 0 Å². The van der Waals surface area contributed by atoms with E-state index in [4.69, 9.17) is 10.5 Å². The van der Waals surface area contributed by atoms with Crippen LogP contribution < -0.4 is 16.4 Å². The van der Waals surface area contributed by atoms with Crippen molar-refractivity contribution in [3.63, 3.8) is 0 Å². The Morgan fingerprint density at radius 2 is 2.30 bits per heavy atom. The number of anilines is 1. The number of rotatable bonds is 4. The number of urea groups is 1. The van der Waals surface area contributed by atoms with E-state index in [9.17, 15) is 4.79 Å². The van der Waals surface area contributed by atoms with Crippen LogP contribution in [0, 0.1) is 0 Å². The molecule has 1 aliphatic heterocycles. The van der Waals surface area contributed by atoms with Crippen LogP contribution in [-0.4, -0.2) is 25.3 Å². The minimum Gasteiger partial charge on any atom is -0.399 e. The third kappa shape index (κ3) is 2.88. The number of carbonyl (C=O) groups is 1. The van der Waals surface area contributed by atoms with E-state index in [-0.39, 0.29) is 17.7 Å². The Labute approximate surface area is 118 Å². The van der Waals surface area contributed by atoms with Crippen LogP contribution in [0.1, 0.15) is 31.2 Å². The summed E-state index contributed by atoms with van der Waals surface area (Å²) in [5, 5.41) is 5.97. The van der Waals surface area contributed by atoms with Crippen molar-refractivity contribution < 1.29 is 9.53 Å². The zero-order valence-corrected chi connectivity index (χ0v) is 11.5. The van der Waals surface area contributed by atoms with Crippen molar-refractivity contribution in [2.45, 2.75) is 37.3 Å². The lowest BCUT2D eigenvalue weighted by Gasteiger charge is -2.19. The molecule has 0 aromatic heterocycles. The second-order valence-corrected chi connectivity index (χ2v) is 5.68. The molecular weight excluding hydrogens is 254 g/mol. The summed E-state index contributed by atoms with van der Waals surface area (Å²) in [7, 11) is 0. The molecule has 0 spiro atoms. The molecule has 3 rings (SSSR count). The molecule has 1 atom stereocenters. The van der Waals surface area contributed by atoms with E-state index in [0.717, 1.165) is 43.5 Å². The highest BCUT2D eigenvalue weighted by Gasteiger charge is 2.45. The van der Waals surface area contributed by atoms with Crippen molar-refractivity contribution in [2.24, 2.45) is 0 Å². The van der Waals surface area contributed by atoms with E-state index in [2.05, 4.69) is 10.6 Å². The fourth-order valence-electron chi connectivity index (χ4n) is 2.72. The van der Waals surface area contributed by atoms with E-state index in [0.29, 0.717) is 6.54 Å². The molecule has 1 heterocycles. The van der Waals surface area contributed by atoms with Crippen LogP contribution in [0.4, 0.5) is 10.5 Å². The van der Waals surface area contributed by atoms with Gasteiger partial charge in [0, 0.05) is 18.8 Å². The maximum absolute atomic E-state index is 12.0. The number of hydrogen-bond acceptors (Lipinski definition) is 3. The van der Waals surface area contributed by atoms with Crippen LogP contribution in [-0.2, 0) is 10.3 Å². The lowest BCUT2D eigenvalue weighted by Crippen LogP contribution is -2.44. The van der Waals surface area contributed by atoms with E-state index in [1.54, 1.807) is 0 Å². The number of nitrogen functional groups attached to an aromatic ring is 1. The molecule has 5 heteroatoms. The van der Waals surface area contributed by atoms with Gasteiger partial charge in [-0.1, -0.05) is 12.1 Å². The summed E-state index contributed by atoms with van der Waals surface area (Å²) >= 11 is 0. The molecule has 1 unspecified atom stereocenters. The van der Waals surface area contributed by atoms with E-state index < -0.39 is 0 Å². The number of ether oxygens (including phenoxy) is 1. The highest BCUT2D eigenvalue weighted by atomic mass is 16.5. The van der Waals surface area contributed by atoms with Gasteiger partial charge in [-0.2, -0.15) is 0 Å². The van der Waals surface area contributed by atoms with Gasteiger partial charge in [-0.05, 0) is 43.4 Å². The van der Waals surface area contributed by atoms with Gasteiger partial charge in [0.2, 0.25) is 0 Å². The first kappa shape index (κ1) is 13.2. The van der Waals surface area contributed by atoms with Crippen molar-refractivity contribution in [2.75, 3.05) is 18.9 Å². The molecule has 5 nitrogen and oxygen atoms in total. The van der Waals surface area contributed by atoms with Gasteiger partial charge in [0.15, 0.2) is 0 Å². The van der Waals surface area contributed by atoms with Crippen molar-refractivity contribution >= 4 is 11.7 Å². The van der Waals surface area contributed by atoms with Crippen molar-refractivity contribution in [3.8, 4) is 0 Å². The van der Waals surface area contributed by atoms with Gasteiger partial charge in [-0.25, -0.2) is 4.79 Å². The zero-order chi connectivity index (χ0) is 14.0. The van der Waals surface area contributed by atoms with Crippen LogP contribution in [0.5, 0.6) is 0 Å². The van der Waals surface area contributed by atoms with Crippen LogP contribution in [0.3, 0.4) is 0 Å². The smallest absolute Gasteiger partial charge is 0.315 e. The molecule has 4 N–H and O–H groups in total. The number of hydrogen-bond donors (Lipinski definition) is 3. The highest BCUT2D eigenvalue weighted by molar-refractivity contribution is 5.75. The molecule has 0 radical (unpaired) electrons. The molecule has 2 amide bonds. The molecule has 0 bridgehead atoms. The Morgan fingerprint density at radius 3 is 2.95 bits per heavy atom. The number of amides is 2. The summed E-state index contributed by atoms with van der Waals surface area (Å²) in [5.74, 6) is 0. The molecule has 1 aromatic rings. The third-order valence-corrected chi connectivity index (χ3v) is 4.06. The minimum atomic E-state index is -0.226. The fourth-order valence-corrected chi connectivity index (χ4v) is 2.72. The third-order valence-electron chi connectivity index (χ3n) is 4.06. The van der Waals surface area contributed by atoms with Gasteiger partial charge < -0.3 is 21.1 Å². The van der Waals surface area contributed by atoms with Gasteiger partial charge in [-0.15, -0.1) is 0 Å². The van der Waals surface area contributed by atoms with Gasteiger partial charge in [0.25, 0.3) is 0 Å². The van der Waals surface area contributed by atoms with E-state index >= 15 is 0 Å². The largest absolute Gasteiger partial charge is 0.399 e. The van der Waals surface area contributed by atoms with Gasteiger partial charge >= 0.3 is 6.03 Å². The number of nitrogens with one attached hydrogen (secondary N) is 2. The molecule has 108 valence electrons. The highest BCUT2D eigenvalue weighted by Crippen LogP contribution is 2.45. The second kappa shape index (κ2) is 5.32. The van der Waals surface area contributed by atoms with E-state index in [1.165, 1.54) is 0 Å². The first-order chi connectivity index (χ1) is 9.68. The number of nitrogens with two attached hydrogens (primary N) is 1. The summed E-state index contributed by atoms with van der Waals surface area (Å²) in [5.41, 5.74) is 7.40. The predicted molar refractivity (Wildman–Crippen MR) is 77.3 cm³/mol. The van der Waals surface area contributed by atoms with Crippen LogP contribution in [0.15, 0.2) is 24.3 Å². The molecule has 2 fully saturated rings. The monoisotopic (exact) mass is 275 g/mol. The minimum absolute atomic E-state index is 0.125. The Morgan fingerprint density at radius 1 is 1.45 bits per heavy atom. The first-order valence-corrected chi connectivity index (χ1v) is 7.22. The Hall–Kier alpha value is -1.75. The lowest BCUT2D eigenvalue weighted by molar-refractivity contribution is 0.111. The fraction of sp³-hybridized carbons (Fsp3) is 0.533. The lowest BCUT2D eigenvalue weighted by atomic mass is 10.0. The normalized spacial score (nSPS) is 23.3. The molecule has 1 saturated carbocycles. The summed E-state index contributed by atoms with van der Waals surface area (Å²) in [4.78, 5) is 12.0. The van der Waals surface area contributed by atoms with Gasteiger partial charge in [0.1, 0.15) is 0 Å². The summed E-state index contributed by atoms with van der Waals surface area (Å²) in [6, 6.07) is 7.62. The van der Waals surface area contributed by atoms with Crippen LogP contribution in [0.2, 0.25) is 0 Å². The standard InChI is InChI=1S/C15H21N3O2/c16-12-4-1-3-11(9-12)15(6-7-15)18-14(19)17-10-13-5-2-8-20-13/h1,3-4,9,13H,2,5-8,10,16H2,(H2,17,18,19). The van der Waals surface area contributed by atoms with Crippen molar-refractivity contribution in [3.05, 3.63) is 29.8 Å². The molecule has 1 saturated heterocycles. The van der Waals surface area contributed by atoms with E-state index in [1.807, 2.05) is 24.3 Å². The Bertz CT molecular complexity index is 494. The molecular formula is C15H21N3O2. The summed E-state index contributed by atoms with van der Waals surface area (Å²) < 4.78 is 5.49.